The zero-order valence-corrected chi connectivity index (χ0v) is 10.9. The van der Waals surface area contributed by atoms with Crippen LogP contribution in [0.4, 0.5) is 4.39 Å². The average molecular weight is 256 g/mol. The van der Waals surface area contributed by atoms with Crippen LogP contribution in [-0.4, -0.2) is 12.6 Å². The van der Waals surface area contributed by atoms with Crippen LogP contribution in [0.15, 0.2) is 18.2 Å². The molecule has 0 amide bonds. The summed E-state index contributed by atoms with van der Waals surface area (Å²) in [5.74, 6) is 0.351. The minimum absolute atomic E-state index is 0.167. The normalized spacial score (nSPS) is 24.2. The summed E-state index contributed by atoms with van der Waals surface area (Å²) in [5.41, 5.74) is 0.684. The van der Waals surface area contributed by atoms with Gasteiger partial charge in [-0.15, -0.1) is 0 Å². The Morgan fingerprint density at radius 1 is 1.41 bits per heavy atom. The summed E-state index contributed by atoms with van der Waals surface area (Å²) in [6.07, 6.45) is 4.35. The Balaban J connectivity index is 2.09. The summed E-state index contributed by atoms with van der Waals surface area (Å²) in [7, 11) is 0. The second-order valence-corrected chi connectivity index (χ2v) is 5.17. The molecule has 0 saturated heterocycles. The smallest absolute Gasteiger partial charge is 0.127 e. The van der Waals surface area contributed by atoms with Gasteiger partial charge < -0.3 is 5.32 Å². The molecule has 0 heterocycles. The molecule has 0 aliphatic heterocycles. The van der Waals surface area contributed by atoms with Crippen molar-refractivity contribution in [1.82, 2.24) is 5.32 Å². The molecule has 1 saturated carbocycles. The number of benzene rings is 1. The van der Waals surface area contributed by atoms with Crippen LogP contribution < -0.4 is 5.32 Å². The Hall–Kier alpha value is -0.600. The molecule has 2 unspecified atom stereocenters. The Morgan fingerprint density at radius 3 is 2.94 bits per heavy atom. The van der Waals surface area contributed by atoms with E-state index in [-0.39, 0.29) is 5.82 Å². The van der Waals surface area contributed by atoms with Crippen molar-refractivity contribution in [3.63, 3.8) is 0 Å². The molecule has 0 aromatic heterocycles. The molecule has 1 fully saturated rings. The summed E-state index contributed by atoms with van der Waals surface area (Å²) in [5, 5.41) is 4.05. The highest BCUT2D eigenvalue weighted by Gasteiger charge is 2.27. The van der Waals surface area contributed by atoms with Crippen molar-refractivity contribution < 1.29 is 4.39 Å². The van der Waals surface area contributed by atoms with Crippen LogP contribution in [-0.2, 0) is 6.42 Å². The lowest BCUT2D eigenvalue weighted by molar-refractivity contribution is 0.401. The quantitative estimate of drug-likeness (QED) is 0.863. The van der Waals surface area contributed by atoms with Crippen molar-refractivity contribution in [1.29, 1.82) is 0 Å². The predicted octanol–water partition coefficient (Wildman–Crippen LogP) is 3.80. The van der Waals surface area contributed by atoms with Gasteiger partial charge in [0.05, 0.1) is 0 Å². The Kier molecular flexibility index (Phi) is 4.41. The maximum absolute atomic E-state index is 13.7. The van der Waals surface area contributed by atoms with Gasteiger partial charge in [0.25, 0.3) is 0 Å². The third-order valence-corrected chi connectivity index (χ3v) is 4.01. The zero-order chi connectivity index (χ0) is 12.3. The molecule has 1 nitrogen and oxygen atoms in total. The Bertz CT molecular complexity index is 360. The van der Waals surface area contributed by atoms with Crippen molar-refractivity contribution in [3.05, 3.63) is 34.6 Å². The van der Waals surface area contributed by atoms with Crippen molar-refractivity contribution in [2.75, 3.05) is 6.54 Å². The maximum atomic E-state index is 13.7. The van der Waals surface area contributed by atoms with Crippen LogP contribution in [0.5, 0.6) is 0 Å². The highest BCUT2D eigenvalue weighted by molar-refractivity contribution is 6.31. The first-order valence-electron chi connectivity index (χ1n) is 6.38. The van der Waals surface area contributed by atoms with Crippen LogP contribution in [0.2, 0.25) is 5.02 Å². The first kappa shape index (κ1) is 12.8. The molecular weight excluding hydrogens is 237 g/mol. The van der Waals surface area contributed by atoms with Gasteiger partial charge in [0.2, 0.25) is 0 Å². The fourth-order valence-electron chi connectivity index (χ4n) is 2.80. The van der Waals surface area contributed by atoms with Crippen molar-refractivity contribution in [3.8, 4) is 0 Å². The summed E-state index contributed by atoms with van der Waals surface area (Å²) in [4.78, 5) is 0. The van der Waals surface area contributed by atoms with E-state index in [4.69, 9.17) is 11.6 Å². The molecule has 2 rings (SSSR count). The number of nitrogens with one attached hydrogen (secondary N) is 1. The largest absolute Gasteiger partial charge is 0.314 e. The maximum Gasteiger partial charge on any atom is 0.127 e. The Morgan fingerprint density at radius 2 is 2.24 bits per heavy atom. The first-order chi connectivity index (χ1) is 8.22. The van der Waals surface area contributed by atoms with E-state index in [2.05, 4.69) is 12.2 Å². The zero-order valence-electron chi connectivity index (χ0n) is 10.2. The molecule has 3 heteroatoms. The molecule has 0 spiro atoms. The average Bonchev–Trinajstić information content (AvgIpc) is 2.72. The van der Waals surface area contributed by atoms with E-state index in [0.717, 1.165) is 13.0 Å². The summed E-state index contributed by atoms with van der Waals surface area (Å²) in [6.45, 7) is 3.09. The molecule has 94 valence electrons. The molecular formula is C14H19ClFN. The predicted molar refractivity (Wildman–Crippen MR) is 69.9 cm³/mol. The fourth-order valence-corrected chi connectivity index (χ4v) is 3.04. The van der Waals surface area contributed by atoms with Gasteiger partial charge in [0.15, 0.2) is 0 Å². The molecule has 1 aliphatic carbocycles. The van der Waals surface area contributed by atoms with E-state index in [9.17, 15) is 4.39 Å². The van der Waals surface area contributed by atoms with E-state index < -0.39 is 0 Å². The highest BCUT2D eigenvalue weighted by Crippen LogP contribution is 2.31. The van der Waals surface area contributed by atoms with Gasteiger partial charge in [0, 0.05) is 16.6 Å². The van der Waals surface area contributed by atoms with Gasteiger partial charge in [-0.2, -0.15) is 0 Å². The van der Waals surface area contributed by atoms with Gasteiger partial charge in [-0.05, 0) is 43.9 Å². The van der Waals surface area contributed by atoms with Crippen LogP contribution in [0.25, 0.3) is 0 Å². The number of rotatable bonds is 4. The number of halogens is 2. The SMILES string of the molecule is CCNC1CCCC1Cc1c(F)cccc1Cl. The van der Waals surface area contributed by atoms with Crippen LogP contribution >= 0.6 is 11.6 Å². The van der Waals surface area contributed by atoms with Gasteiger partial charge >= 0.3 is 0 Å². The van der Waals surface area contributed by atoms with Crippen LogP contribution in [0, 0.1) is 11.7 Å². The molecule has 1 aromatic carbocycles. The van der Waals surface area contributed by atoms with E-state index >= 15 is 0 Å². The lowest BCUT2D eigenvalue weighted by Crippen LogP contribution is -2.33. The molecule has 0 radical (unpaired) electrons. The Labute approximate surface area is 107 Å². The van der Waals surface area contributed by atoms with Crippen molar-refractivity contribution >= 4 is 11.6 Å². The van der Waals surface area contributed by atoms with Gasteiger partial charge in [-0.3, -0.25) is 0 Å². The van der Waals surface area contributed by atoms with Gasteiger partial charge in [0.1, 0.15) is 5.82 Å². The summed E-state index contributed by atoms with van der Waals surface area (Å²) < 4.78 is 13.7. The van der Waals surface area contributed by atoms with E-state index in [1.165, 1.54) is 25.3 Å². The topological polar surface area (TPSA) is 12.0 Å². The third kappa shape index (κ3) is 2.99. The van der Waals surface area contributed by atoms with Crippen molar-refractivity contribution in [2.45, 2.75) is 38.6 Å². The molecule has 1 aliphatic rings. The lowest BCUT2D eigenvalue weighted by atomic mass is 9.94. The standard InChI is InChI=1S/C14H19ClFN/c1-2-17-14-8-3-5-10(14)9-11-12(15)6-4-7-13(11)16/h4,6-7,10,14,17H,2-3,5,8-9H2,1H3. The monoisotopic (exact) mass is 255 g/mol. The molecule has 1 N–H and O–H groups in total. The minimum Gasteiger partial charge on any atom is -0.314 e. The summed E-state index contributed by atoms with van der Waals surface area (Å²) >= 11 is 6.07. The van der Waals surface area contributed by atoms with Crippen LogP contribution in [0.3, 0.4) is 0 Å². The molecule has 17 heavy (non-hydrogen) atoms. The first-order valence-corrected chi connectivity index (χ1v) is 6.76. The molecule has 0 bridgehead atoms. The lowest BCUT2D eigenvalue weighted by Gasteiger charge is -2.21. The third-order valence-electron chi connectivity index (χ3n) is 3.65. The molecule has 1 aromatic rings. The fraction of sp³-hybridized carbons (Fsp3) is 0.571. The van der Waals surface area contributed by atoms with E-state index in [1.807, 2.05) is 0 Å². The van der Waals surface area contributed by atoms with E-state index in [1.54, 1.807) is 12.1 Å². The second-order valence-electron chi connectivity index (χ2n) is 4.76. The van der Waals surface area contributed by atoms with Crippen molar-refractivity contribution in [2.24, 2.45) is 5.92 Å². The van der Waals surface area contributed by atoms with Crippen LogP contribution in [0.1, 0.15) is 31.7 Å². The highest BCUT2D eigenvalue weighted by atomic mass is 35.5. The van der Waals surface area contributed by atoms with E-state index in [0.29, 0.717) is 22.5 Å². The summed E-state index contributed by atoms with van der Waals surface area (Å²) in [6, 6.07) is 5.46. The van der Waals surface area contributed by atoms with Gasteiger partial charge in [-0.1, -0.05) is 31.0 Å². The minimum atomic E-state index is -0.167. The molecule has 2 atom stereocenters. The number of hydrogen-bond donors (Lipinski definition) is 1. The number of hydrogen-bond acceptors (Lipinski definition) is 1. The van der Waals surface area contributed by atoms with Gasteiger partial charge in [-0.25, -0.2) is 4.39 Å². The second kappa shape index (κ2) is 5.83.